The molecule has 0 radical (unpaired) electrons. The van der Waals surface area contributed by atoms with Gasteiger partial charge in [-0.3, -0.25) is 14.9 Å². The predicted octanol–water partition coefficient (Wildman–Crippen LogP) is 3.70. The smallest absolute Gasteiger partial charge is 0.276 e. The summed E-state index contributed by atoms with van der Waals surface area (Å²) in [6.45, 7) is 2.03. The number of fused-ring (bicyclic) bond motifs is 1. The Hall–Kier alpha value is -4.31. The number of nitrogens with zero attached hydrogens (tertiary/aromatic N) is 4. The molecule has 3 heterocycles. The second kappa shape index (κ2) is 8.91. The van der Waals surface area contributed by atoms with Gasteiger partial charge in [-0.1, -0.05) is 42.0 Å². The molecule has 0 aliphatic carbocycles. The molecule has 5 aromatic rings. The number of hydrogen-bond acceptors (Lipinski definition) is 7. The maximum Gasteiger partial charge on any atom is 0.276 e. The molecule has 34 heavy (non-hydrogen) atoms. The summed E-state index contributed by atoms with van der Waals surface area (Å²) in [4.78, 5) is 37.0. The van der Waals surface area contributed by atoms with Crippen LogP contribution in [-0.2, 0) is 6.42 Å². The van der Waals surface area contributed by atoms with Gasteiger partial charge in [0.15, 0.2) is 0 Å². The van der Waals surface area contributed by atoms with E-state index in [4.69, 9.17) is 4.74 Å². The van der Waals surface area contributed by atoms with Gasteiger partial charge >= 0.3 is 0 Å². The topological polar surface area (TPSA) is 114 Å². The summed E-state index contributed by atoms with van der Waals surface area (Å²) >= 11 is 1.42. The van der Waals surface area contributed by atoms with Gasteiger partial charge in [0.05, 0.1) is 12.8 Å². The number of methoxy groups -OCH3 is 1. The predicted molar refractivity (Wildman–Crippen MR) is 130 cm³/mol. The molecule has 2 aromatic carbocycles. The first kappa shape index (κ1) is 21.5. The van der Waals surface area contributed by atoms with E-state index < -0.39 is 11.5 Å². The third-order valence-corrected chi connectivity index (χ3v) is 6.02. The van der Waals surface area contributed by atoms with Crippen molar-refractivity contribution in [2.75, 3.05) is 12.4 Å². The molecule has 3 aromatic heterocycles. The van der Waals surface area contributed by atoms with Gasteiger partial charge in [0.2, 0.25) is 4.96 Å². The number of amides is 1. The Bertz CT molecular complexity index is 1530. The fraction of sp³-hybridized carbons (Fsp3) is 0.125. The number of nitrogens with one attached hydrogen (secondary N) is 2. The van der Waals surface area contributed by atoms with Gasteiger partial charge in [0, 0.05) is 23.4 Å². The fourth-order valence-electron chi connectivity index (χ4n) is 3.47. The zero-order chi connectivity index (χ0) is 23.7. The Kier molecular flexibility index (Phi) is 5.64. The number of aromatic nitrogens is 5. The molecule has 2 N–H and O–H groups in total. The molecule has 0 saturated heterocycles. The average molecular weight is 473 g/mol. The van der Waals surface area contributed by atoms with Crippen molar-refractivity contribution in [3.05, 3.63) is 93.0 Å². The molecule has 0 fully saturated rings. The highest BCUT2D eigenvalue weighted by Gasteiger charge is 2.16. The van der Waals surface area contributed by atoms with E-state index in [2.05, 4.69) is 25.4 Å². The maximum atomic E-state index is 12.8. The van der Waals surface area contributed by atoms with E-state index >= 15 is 0 Å². The molecule has 0 aliphatic heterocycles. The molecular formula is C24H20N6O3S. The van der Waals surface area contributed by atoms with E-state index in [1.54, 1.807) is 11.6 Å². The Morgan fingerprint density at radius 1 is 1.12 bits per heavy atom. The Morgan fingerprint density at radius 2 is 1.88 bits per heavy atom. The molecule has 0 aliphatic rings. The van der Waals surface area contributed by atoms with Crippen molar-refractivity contribution in [1.29, 1.82) is 0 Å². The minimum atomic E-state index is -0.558. The summed E-state index contributed by atoms with van der Waals surface area (Å²) in [5, 5.41) is 9.04. The van der Waals surface area contributed by atoms with Crippen LogP contribution >= 0.6 is 11.3 Å². The van der Waals surface area contributed by atoms with Gasteiger partial charge in [-0.05, 0) is 24.6 Å². The van der Waals surface area contributed by atoms with Crippen molar-refractivity contribution >= 4 is 28.2 Å². The van der Waals surface area contributed by atoms with Gasteiger partial charge in [-0.2, -0.15) is 4.98 Å². The van der Waals surface area contributed by atoms with Crippen molar-refractivity contribution in [2.45, 2.75) is 13.3 Å². The molecule has 0 atom stereocenters. The van der Waals surface area contributed by atoms with Gasteiger partial charge < -0.3 is 9.72 Å². The average Bonchev–Trinajstić information content (AvgIpc) is 3.40. The van der Waals surface area contributed by atoms with Crippen LogP contribution in [0.4, 0.5) is 5.95 Å². The van der Waals surface area contributed by atoms with E-state index in [1.165, 1.54) is 16.9 Å². The molecule has 9 nitrogen and oxygen atoms in total. The number of hydrogen-bond donors (Lipinski definition) is 2. The molecule has 10 heteroatoms. The monoisotopic (exact) mass is 472 g/mol. The summed E-state index contributed by atoms with van der Waals surface area (Å²) in [6, 6.07) is 16.6. The van der Waals surface area contributed by atoms with Crippen LogP contribution in [0.5, 0.6) is 5.75 Å². The lowest BCUT2D eigenvalue weighted by Crippen LogP contribution is -2.21. The van der Waals surface area contributed by atoms with Crippen LogP contribution in [0.1, 0.15) is 27.4 Å². The van der Waals surface area contributed by atoms with Crippen LogP contribution < -0.4 is 15.6 Å². The minimum Gasteiger partial charge on any atom is -0.497 e. The highest BCUT2D eigenvalue weighted by Crippen LogP contribution is 2.26. The third-order valence-electron chi connectivity index (χ3n) is 5.21. The summed E-state index contributed by atoms with van der Waals surface area (Å²) in [7, 11) is 1.60. The molecular weight excluding hydrogens is 452 g/mol. The molecule has 5 rings (SSSR count). The maximum absolute atomic E-state index is 12.8. The second-order valence-corrected chi connectivity index (χ2v) is 8.51. The number of carbonyl (C=O) groups is 1. The first-order valence-corrected chi connectivity index (χ1v) is 11.3. The number of anilines is 1. The molecule has 0 spiro atoms. The van der Waals surface area contributed by atoms with Gasteiger partial charge in [0.1, 0.15) is 17.3 Å². The van der Waals surface area contributed by atoms with E-state index in [0.717, 1.165) is 28.6 Å². The number of thiazole rings is 1. The van der Waals surface area contributed by atoms with Crippen LogP contribution in [0.2, 0.25) is 0 Å². The highest BCUT2D eigenvalue weighted by molar-refractivity contribution is 7.15. The van der Waals surface area contributed by atoms with Crippen LogP contribution in [0, 0.1) is 6.92 Å². The molecule has 1 amide bonds. The first-order valence-electron chi connectivity index (χ1n) is 10.4. The van der Waals surface area contributed by atoms with Crippen LogP contribution in [0.3, 0.4) is 0 Å². The van der Waals surface area contributed by atoms with Crippen LogP contribution in [-0.4, -0.2) is 37.6 Å². The number of benzene rings is 2. The van der Waals surface area contributed by atoms with E-state index in [-0.39, 0.29) is 11.6 Å². The van der Waals surface area contributed by atoms with Crippen molar-refractivity contribution in [2.24, 2.45) is 0 Å². The number of rotatable bonds is 6. The lowest BCUT2D eigenvalue weighted by molar-refractivity contribution is 0.102. The minimum absolute atomic E-state index is 0.0100. The Morgan fingerprint density at radius 3 is 2.62 bits per heavy atom. The van der Waals surface area contributed by atoms with E-state index in [1.807, 2.05) is 60.8 Å². The number of aryl methyl sites for hydroxylation is 1. The zero-order valence-electron chi connectivity index (χ0n) is 18.4. The quantitative estimate of drug-likeness (QED) is 0.390. The SMILES string of the molecule is COc1ccc(Cc2nc(C(=O)Nc3nc4scc(-c5ccc(C)cc5)n4n3)cc(=O)[nH]2)cc1. The number of ether oxygens (including phenoxy) is 1. The summed E-state index contributed by atoms with van der Waals surface area (Å²) in [5.41, 5.74) is 3.54. The lowest BCUT2D eigenvalue weighted by Gasteiger charge is -2.05. The first-order chi connectivity index (χ1) is 16.5. The zero-order valence-corrected chi connectivity index (χ0v) is 19.2. The summed E-state index contributed by atoms with van der Waals surface area (Å²) in [6.07, 6.45) is 0.360. The number of H-pyrrole nitrogens is 1. The van der Waals surface area contributed by atoms with E-state index in [9.17, 15) is 9.59 Å². The molecule has 0 unspecified atom stereocenters. The normalized spacial score (nSPS) is 11.0. The summed E-state index contributed by atoms with van der Waals surface area (Å²) < 4.78 is 6.85. The Labute approximate surface area is 198 Å². The number of aromatic amines is 1. The van der Waals surface area contributed by atoms with Crippen molar-refractivity contribution < 1.29 is 9.53 Å². The standard InChI is InChI=1S/C24H20N6O3S/c1-14-3-7-16(8-4-14)19-13-34-24-28-23(29-30(19)24)27-22(32)18-12-21(31)26-20(25-18)11-15-5-9-17(33-2)10-6-15/h3-10,12-13H,11H2,1-2H3,(H,25,26,31)(H,27,29,32). The largest absolute Gasteiger partial charge is 0.497 e. The lowest BCUT2D eigenvalue weighted by atomic mass is 10.1. The summed E-state index contributed by atoms with van der Waals surface area (Å²) in [5.74, 6) is 0.695. The highest BCUT2D eigenvalue weighted by atomic mass is 32.1. The third kappa shape index (κ3) is 4.44. The molecule has 170 valence electrons. The van der Waals surface area contributed by atoms with Gasteiger partial charge in [0.25, 0.3) is 17.4 Å². The number of carbonyl (C=O) groups excluding carboxylic acids is 1. The molecule has 0 bridgehead atoms. The molecule has 0 saturated carbocycles. The van der Waals surface area contributed by atoms with Crippen molar-refractivity contribution in [3.8, 4) is 17.0 Å². The van der Waals surface area contributed by atoms with Gasteiger partial charge in [-0.15, -0.1) is 16.4 Å². The van der Waals surface area contributed by atoms with Crippen molar-refractivity contribution in [3.63, 3.8) is 0 Å². The van der Waals surface area contributed by atoms with Crippen molar-refractivity contribution in [1.82, 2.24) is 24.6 Å². The van der Waals surface area contributed by atoms with Crippen LogP contribution in [0.15, 0.2) is 64.8 Å². The Balaban J connectivity index is 1.36. The van der Waals surface area contributed by atoms with Gasteiger partial charge in [-0.25, -0.2) is 9.50 Å². The second-order valence-electron chi connectivity index (χ2n) is 7.67. The van der Waals surface area contributed by atoms with Crippen LogP contribution in [0.25, 0.3) is 16.2 Å². The van der Waals surface area contributed by atoms with E-state index in [0.29, 0.717) is 17.2 Å². The fourth-order valence-corrected chi connectivity index (χ4v) is 4.30.